The van der Waals surface area contributed by atoms with E-state index in [1.165, 1.54) is 16.9 Å². The Bertz CT molecular complexity index is 312. The second kappa shape index (κ2) is 4.82. The van der Waals surface area contributed by atoms with Crippen molar-refractivity contribution in [2.24, 2.45) is 0 Å². The molecule has 0 fully saturated rings. The van der Waals surface area contributed by atoms with Crippen LogP contribution in [0.1, 0.15) is 16.2 Å². The molecule has 1 aromatic rings. The van der Waals surface area contributed by atoms with Crippen LogP contribution in [0.25, 0.3) is 6.08 Å². The number of thiophene rings is 1. The molecule has 3 heteroatoms. The minimum absolute atomic E-state index is 0.204. The lowest BCUT2D eigenvalue weighted by atomic mass is 10.3. The smallest absolute Gasteiger partial charge is 0.309 e. The first kappa shape index (κ1) is 9.99. The molecule has 0 unspecified atom stereocenters. The average Bonchev–Trinajstić information content (AvgIpc) is 2.51. The fourth-order valence-corrected chi connectivity index (χ4v) is 1.71. The van der Waals surface area contributed by atoms with E-state index in [2.05, 4.69) is 17.7 Å². The van der Waals surface area contributed by atoms with Gasteiger partial charge in [0.05, 0.1) is 13.5 Å². The molecule has 0 N–H and O–H groups in total. The lowest BCUT2D eigenvalue weighted by Crippen LogP contribution is -1.96. The van der Waals surface area contributed by atoms with Crippen molar-refractivity contribution in [1.29, 1.82) is 0 Å². The topological polar surface area (TPSA) is 26.3 Å². The van der Waals surface area contributed by atoms with Crippen LogP contribution in [0.3, 0.4) is 0 Å². The summed E-state index contributed by atoms with van der Waals surface area (Å²) in [5.41, 5.74) is 0. The maximum Gasteiger partial charge on any atom is 0.309 e. The number of esters is 1. The Hall–Kier alpha value is -1.09. The van der Waals surface area contributed by atoms with Crippen molar-refractivity contribution < 1.29 is 9.53 Å². The third-order valence-electron chi connectivity index (χ3n) is 1.56. The van der Waals surface area contributed by atoms with Gasteiger partial charge >= 0.3 is 5.97 Å². The first-order chi connectivity index (χ1) is 6.22. The lowest BCUT2D eigenvalue weighted by Gasteiger charge is -1.90. The third kappa shape index (κ3) is 3.42. The van der Waals surface area contributed by atoms with E-state index in [0.29, 0.717) is 6.42 Å². The molecule has 0 radical (unpaired) electrons. The number of aryl methyl sites for hydroxylation is 1. The Kier molecular flexibility index (Phi) is 3.71. The van der Waals surface area contributed by atoms with Gasteiger partial charge in [-0.1, -0.05) is 6.08 Å². The first-order valence-electron chi connectivity index (χ1n) is 4.02. The van der Waals surface area contributed by atoms with Crippen molar-refractivity contribution in [3.63, 3.8) is 0 Å². The molecule has 0 aliphatic heterocycles. The molecule has 0 bridgehead atoms. The third-order valence-corrected chi connectivity index (χ3v) is 2.52. The van der Waals surface area contributed by atoms with E-state index in [1.807, 2.05) is 18.2 Å². The highest BCUT2D eigenvalue weighted by Crippen LogP contribution is 2.16. The number of methoxy groups -OCH3 is 1. The van der Waals surface area contributed by atoms with Crippen LogP contribution in [-0.2, 0) is 9.53 Å². The summed E-state index contributed by atoms with van der Waals surface area (Å²) in [6.07, 6.45) is 4.10. The summed E-state index contributed by atoms with van der Waals surface area (Å²) >= 11 is 1.71. The minimum Gasteiger partial charge on any atom is -0.469 e. The standard InChI is InChI=1S/C10H12O2S/c1-8-6-7-9(13-8)4-3-5-10(11)12-2/h3-4,6-7H,5H2,1-2H3. The maximum atomic E-state index is 10.7. The van der Waals surface area contributed by atoms with Gasteiger partial charge in [-0.3, -0.25) is 4.79 Å². The number of rotatable bonds is 3. The van der Waals surface area contributed by atoms with Crippen molar-refractivity contribution >= 4 is 23.4 Å². The van der Waals surface area contributed by atoms with E-state index in [9.17, 15) is 4.79 Å². The van der Waals surface area contributed by atoms with Crippen LogP contribution in [0.4, 0.5) is 0 Å². The van der Waals surface area contributed by atoms with Crippen LogP contribution in [0.5, 0.6) is 0 Å². The number of carbonyl (C=O) groups is 1. The molecule has 0 aliphatic rings. The van der Waals surface area contributed by atoms with Crippen molar-refractivity contribution in [1.82, 2.24) is 0 Å². The molecule has 1 heterocycles. The Morgan fingerprint density at radius 1 is 1.62 bits per heavy atom. The Morgan fingerprint density at radius 2 is 2.38 bits per heavy atom. The molecule has 0 spiro atoms. The Morgan fingerprint density at radius 3 is 2.92 bits per heavy atom. The van der Waals surface area contributed by atoms with Crippen molar-refractivity contribution in [2.45, 2.75) is 13.3 Å². The predicted molar refractivity (Wildman–Crippen MR) is 54.7 cm³/mol. The summed E-state index contributed by atoms with van der Waals surface area (Å²) in [7, 11) is 1.39. The monoisotopic (exact) mass is 196 g/mol. The summed E-state index contributed by atoms with van der Waals surface area (Å²) in [5.74, 6) is -0.204. The number of hydrogen-bond donors (Lipinski definition) is 0. The van der Waals surface area contributed by atoms with Crippen LogP contribution in [0.2, 0.25) is 0 Å². The fraction of sp³-hybridized carbons (Fsp3) is 0.300. The average molecular weight is 196 g/mol. The maximum absolute atomic E-state index is 10.7. The highest BCUT2D eigenvalue weighted by atomic mass is 32.1. The van der Waals surface area contributed by atoms with Gasteiger partial charge in [-0.15, -0.1) is 11.3 Å². The number of carbonyl (C=O) groups excluding carboxylic acids is 1. The van der Waals surface area contributed by atoms with Crippen molar-refractivity contribution in [2.75, 3.05) is 7.11 Å². The number of hydrogen-bond acceptors (Lipinski definition) is 3. The van der Waals surface area contributed by atoms with Crippen molar-refractivity contribution in [3.05, 3.63) is 28.0 Å². The van der Waals surface area contributed by atoms with E-state index in [-0.39, 0.29) is 5.97 Å². The Balaban J connectivity index is 2.45. The molecule has 0 saturated carbocycles. The molecule has 70 valence electrons. The zero-order valence-corrected chi connectivity index (χ0v) is 8.56. The first-order valence-corrected chi connectivity index (χ1v) is 4.84. The van der Waals surface area contributed by atoms with E-state index < -0.39 is 0 Å². The summed E-state index contributed by atoms with van der Waals surface area (Å²) in [5, 5.41) is 0. The SMILES string of the molecule is COC(=O)CC=Cc1ccc(C)s1. The van der Waals surface area contributed by atoms with Crippen LogP contribution in [0, 0.1) is 6.92 Å². The van der Waals surface area contributed by atoms with Gasteiger partial charge < -0.3 is 4.74 Å². The van der Waals surface area contributed by atoms with Gasteiger partial charge in [-0.25, -0.2) is 0 Å². The quantitative estimate of drug-likeness (QED) is 0.695. The molecular weight excluding hydrogens is 184 g/mol. The van der Waals surface area contributed by atoms with Gasteiger partial charge in [-0.2, -0.15) is 0 Å². The normalized spacial score (nSPS) is 10.6. The highest BCUT2D eigenvalue weighted by Gasteiger charge is 1.95. The lowest BCUT2D eigenvalue weighted by molar-refractivity contribution is -0.139. The molecule has 0 atom stereocenters. The van der Waals surface area contributed by atoms with E-state index in [0.717, 1.165) is 0 Å². The van der Waals surface area contributed by atoms with Gasteiger partial charge in [0.2, 0.25) is 0 Å². The molecule has 0 amide bonds. The summed E-state index contributed by atoms with van der Waals surface area (Å²) in [4.78, 5) is 13.2. The molecule has 2 nitrogen and oxygen atoms in total. The highest BCUT2D eigenvalue weighted by molar-refractivity contribution is 7.12. The molecular formula is C10H12O2S. The summed E-state index contributed by atoms with van der Waals surface area (Å²) < 4.78 is 4.51. The largest absolute Gasteiger partial charge is 0.469 e. The second-order valence-electron chi connectivity index (χ2n) is 2.63. The van der Waals surface area contributed by atoms with Gasteiger partial charge in [-0.05, 0) is 25.1 Å². The van der Waals surface area contributed by atoms with Crippen LogP contribution in [0.15, 0.2) is 18.2 Å². The Labute approximate surface area is 81.8 Å². The van der Waals surface area contributed by atoms with Crippen LogP contribution >= 0.6 is 11.3 Å². The zero-order valence-electron chi connectivity index (χ0n) is 7.74. The zero-order chi connectivity index (χ0) is 9.68. The van der Waals surface area contributed by atoms with Crippen LogP contribution in [-0.4, -0.2) is 13.1 Å². The molecule has 1 rings (SSSR count). The van der Waals surface area contributed by atoms with Crippen molar-refractivity contribution in [3.8, 4) is 0 Å². The molecule has 13 heavy (non-hydrogen) atoms. The second-order valence-corrected chi connectivity index (χ2v) is 3.95. The van der Waals surface area contributed by atoms with Crippen LogP contribution < -0.4 is 0 Å². The minimum atomic E-state index is -0.204. The summed E-state index contributed by atoms with van der Waals surface area (Å²) in [6, 6.07) is 4.09. The predicted octanol–water partition coefficient (Wildman–Crippen LogP) is 2.63. The molecule has 0 saturated heterocycles. The molecule has 0 aromatic carbocycles. The molecule has 0 aliphatic carbocycles. The van der Waals surface area contributed by atoms with E-state index >= 15 is 0 Å². The summed E-state index contributed by atoms with van der Waals surface area (Å²) in [6.45, 7) is 2.06. The number of ether oxygens (including phenoxy) is 1. The molecule has 1 aromatic heterocycles. The van der Waals surface area contributed by atoms with Gasteiger partial charge in [0, 0.05) is 9.75 Å². The van der Waals surface area contributed by atoms with Gasteiger partial charge in [0.15, 0.2) is 0 Å². The van der Waals surface area contributed by atoms with Gasteiger partial charge in [0.1, 0.15) is 0 Å². The fourth-order valence-electron chi connectivity index (χ4n) is 0.898. The van der Waals surface area contributed by atoms with E-state index in [4.69, 9.17) is 0 Å². The van der Waals surface area contributed by atoms with E-state index in [1.54, 1.807) is 11.3 Å². The van der Waals surface area contributed by atoms with Gasteiger partial charge in [0.25, 0.3) is 0 Å².